The van der Waals surface area contributed by atoms with Crippen LogP contribution in [0, 0.1) is 0 Å². The molecule has 2 aromatic rings. The van der Waals surface area contributed by atoms with E-state index in [0.29, 0.717) is 12.6 Å². The zero-order valence-corrected chi connectivity index (χ0v) is 13.0. The Hall–Kier alpha value is -1.80. The zero-order chi connectivity index (χ0) is 14.9. The molecule has 2 rings (SSSR count). The second-order valence-corrected chi connectivity index (χ2v) is 5.35. The maximum absolute atomic E-state index is 5.66. The van der Waals surface area contributed by atoms with Crippen molar-refractivity contribution in [2.45, 2.75) is 39.3 Å². The van der Waals surface area contributed by atoms with E-state index in [4.69, 9.17) is 4.74 Å². The SMILES string of the molecule is CCOc1ccccc1CNC(C)CCc1ccccc1. The van der Waals surface area contributed by atoms with Crippen molar-refractivity contribution in [3.05, 3.63) is 65.7 Å². The molecule has 0 bridgehead atoms. The fraction of sp³-hybridized carbons (Fsp3) is 0.368. The summed E-state index contributed by atoms with van der Waals surface area (Å²) in [5.74, 6) is 0.989. The van der Waals surface area contributed by atoms with Gasteiger partial charge in [-0.05, 0) is 38.3 Å². The fourth-order valence-corrected chi connectivity index (χ4v) is 2.36. The van der Waals surface area contributed by atoms with Gasteiger partial charge in [0.2, 0.25) is 0 Å². The van der Waals surface area contributed by atoms with Crippen LogP contribution >= 0.6 is 0 Å². The Morgan fingerprint density at radius 1 is 1.00 bits per heavy atom. The van der Waals surface area contributed by atoms with Crippen molar-refractivity contribution >= 4 is 0 Å². The van der Waals surface area contributed by atoms with Gasteiger partial charge in [-0.3, -0.25) is 0 Å². The molecule has 1 N–H and O–H groups in total. The van der Waals surface area contributed by atoms with Gasteiger partial charge in [0.1, 0.15) is 5.75 Å². The Bertz CT molecular complexity index is 524. The quantitative estimate of drug-likeness (QED) is 0.784. The molecule has 0 amide bonds. The number of nitrogens with one attached hydrogen (secondary N) is 1. The van der Waals surface area contributed by atoms with Crippen molar-refractivity contribution in [2.75, 3.05) is 6.61 Å². The van der Waals surface area contributed by atoms with Crippen molar-refractivity contribution in [1.29, 1.82) is 0 Å². The summed E-state index contributed by atoms with van der Waals surface area (Å²) in [6.07, 6.45) is 2.25. The normalized spacial score (nSPS) is 12.1. The van der Waals surface area contributed by atoms with Crippen LogP contribution in [0.15, 0.2) is 54.6 Å². The van der Waals surface area contributed by atoms with Crippen LogP contribution in [0.5, 0.6) is 5.75 Å². The lowest BCUT2D eigenvalue weighted by Gasteiger charge is -2.16. The average Bonchev–Trinajstić information content (AvgIpc) is 2.53. The molecule has 1 unspecified atom stereocenters. The molecule has 21 heavy (non-hydrogen) atoms. The van der Waals surface area contributed by atoms with E-state index < -0.39 is 0 Å². The Morgan fingerprint density at radius 3 is 2.48 bits per heavy atom. The van der Waals surface area contributed by atoms with Gasteiger partial charge in [-0.15, -0.1) is 0 Å². The first-order valence-corrected chi connectivity index (χ1v) is 7.77. The highest BCUT2D eigenvalue weighted by Gasteiger charge is 2.05. The standard InChI is InChI=1S/C19H25NO/c1-3-21-19-12-8-7-11-18(19)15-20-16(2)13-14-17-9-5-4-6-10-17/h4-12,16,20H,3,13-15H2,1-2H3. The number of rotatable bonds is 8. The predicted octanol–water partition coefficient (Wildman–Crippen LogP) is 4.20. The van der Waals surface area contributed by atoms with Crippen LogP contribution in [0.3, 0.4) is 0 Å². The summed E-state index contributed by atoms with van der Waals surface area (Å²) in [6, 6.07) is 19.4. The van der Waals surface area contributed by atoms with E-state index in [2.05, 4.69) is 54.7 Å². The topological polar surface area (TPSA) is 21.3 Å². The third-order valence-electron chi connectivity index (χ3n) is 3.62. The molecule has 0 radical (unpaired) electrons. The highest BCUT2D eigenvalue weighted by molar-refractivity contribution is 5.33. The molecule has 2 aromatic carbocycles. The lowest BCUT2D eigenvalue weighted by molar-refractivity contribution is 0.334. The Labute approximate surface area is 128 Å². The van der Waals surface area contributed by atoms with Gasteiger partial charge in [-0.25, -0.2) is 0 Å². The van der Waals surface area contributed by atoms with Gasteiger partial charge in [0.05, 0.1) is 6.61 Å². The van der Waals surface area contributed by atoms with Crippen LogP contribution in [0.25, 0.3) is 0 Å². The minimum absolute atomic E-state index is 0.486. The lowest BCUT2D eigenvalue weighted by Crippen LogP contribution is -2.26. The number of benzene rings is 2. The van der Waals surface area contributed by atoms with Crippen molar-refractivity contribution in [1.82, 2.24) is 5.32 Å². The number of hydrogen-bond donors (Lipinski definition) is 1. The lowest BCUT2D eigenvalue weighted by atomic mass is 10.1. The van der Waals surface area contributed by atoms with E-state index in [9.17, 15) is 0 Å². The van der Waals surface area contributed by atoms with Gasteiger partial charge in [-0.1, -0.05) is 48.5 Å². The van der Waals surface area contributed by atoms with Crippen molar-refractivity contribution in [2.24, 2.45) is 0 Å². The first-order valence-electron chi connectivity index (χ1n) is 7.77. The molecule has 1 atom stereocenters. The van der Waals surface area contributed by atoms with Gasteiger partial charge >= 0.3 is 0 Å². The molecule has 0 heterocycles. The second kappa shape index (κ2) is 8.48. The maximum atomic E-state index is 5.66. The van der Waals surface area contributed by atoms with E-state index in [1.165, 1.54) is 11.1 Å². The first kappa shape index (κ1) is 15.6. The summed E-state index contributed by atoms with van der Waals surface area (Å²) >= 11 is 0. The smallest absolute Gasteiger partial charge is 0.123 e. The van der Waals surface area contributed by atoms with E-state index in [0.717, 1.165) is 25.1 Å². The second-order valence-electron chi connectivity index (χ2n) is 5.35. The van der Waals surface area contributed by atoms with Crippen LogP contribution < -0.4 is 10.1 Å². The molecule has 112 valence electrons. The van der Waals surface area contributed by atoms with Gasteiger partial charge in [0.25, 0.3) is 0 Å². The van der Waals surface area contributed by atoms with Gasteiger partial charge in [0.15, 0.2) is 0 Å². The predicted molar refractivity (Wildman–Crippen MR) is 88.7 cm³/mol. The van der Waals surface area contributed by atoms with E-state index in [1.54, 1.807) is 0 Å². The summed E-state index contributed by atoms with van der Waals surface area (Å²) in [5, 5.41) is 3.59. The van der Waals surface area contributed by atoms with Crippen molar-refractivity contribution in [3.63, 3.8) is 0 Å². The summed E-state index contributed by atoms with van der Waals surface area (Å²) in [7, 11) is 0. The molecular weight excluding hydrogens is 258 g/mol. The zero-order valence-electron chi connectivity index (χ0n) is 13.0. The van der Waals surface area contributed by atoms with Crippen LogP contribution in [0.2, 0.25) is 0 Å². The molecule has 0 saturated carbocycles. The molecule has 0 aliphatic carbocycles. The molecule has 2 heteroatoms. The first-order chi connectivity index (χ1) is 10.3. The average molecular weight is 283 g/mol. The number of hydrogen-bond acceptors (Lipinski definition) is 2. The summed E-state index contributed by atoms with van der Waals surface area (Å²) in [5.41, 5.74) is 2.63. The Morgan fingerprint density at radius 2 is 1.71 bits per heavy atom. The summed E-state index contributed by atoms with van der Waals surface area (Å²) in [4.78, 5) is 0. The monoisotopic (exact) mass is 283 g/mol. The van der Waals surface area contributed by atoms with E-state index in [-0.39, 0.29) is 0 Å². The summed E-state index contributed by atoms with van der Waals surface area (Å²) in [6.45, 7) is 5.83. The minimum Gasteiger partial charge on any atom is -0.494 e. The van der Waals surface area contributed by atoms with Crippen LogP contribution in [0.1, 0.15) is 31.4 Å². The summed E-state index contributed by atoms with van der Waals surface area (Å²) < 4.78 is 5.66. The maximum Gasteiger partial charge on any atom is 0.123 e. The highest BCUT2D eigenvalue weighted by Crippen LogP contribution is 2.18. The van der Waals surface area contributed by atoms with Crippen LogP contribution in [0.4, 0.5) is 0 Å². The third-order valence-corrected chi connectivity index (χ3v) is 3.62. The Balaban J connectivity index is 1.80. The van der Waals surface area contributed by atoms with Crippen molar-refractivity contribution < 1.29 is 4.74 Å². The van der Waals surface area contributed by atoms with Crippen LogP contribution in [-0.2, 0) is 13.0 Å². The third kappa shape index (κ3) is 5.24. The molecule has 0 saturated heterocycles. The number of aryl methyl sites for hydroxylation is 1. The van der Waals surface area contributed by atoms with Crippen LogP contribution in [-0.4, -0.2) is 12.6 Å². The minimum atomic E-state index is 0.486. The van der Waals surface area contributed by atoms with Gasteiger partial charge in [-0.2, -0.15) is 0 Å². The molecule has 0 aromatic heterocycles. The molecule has 0 aliphatic heterocycles. The molecule has 0 fully saturated rings. The molecule has 0 spiro atoms. The molecular formula is C19H25NO. The number of ether oxygens (including phenoxy) is 1. The van der Waals surface area contributed by atoms with E-state index >= 15 is 0 Å². The number of para-hydroxylation sites is 1. The largest absolute Gasteiger partial charge is 0.494 e. The van der Waals surface area contributed by atoms with E-state index in [1.807, 2.05) is 19.1 Å². The highest BCUT2D eigenvalue weighted by atomic mass is 16.5. The van der Waals surface area contributed by atoms with Crippen molar-refractivity contribution in [3.8, 4) is 5.75 Å². The fourth-order valence-electron chi connectivity index (χ4n) is 2.36. The molecule has 0 aliphatic rings. The van der Waals surface area contributed by atoms with Gasteiger partial charge in [0, 0.05) is 18.2 Å². The van der Waals surface area contributed by atoms with Gasteiger partial charge < -0.3 is 10.1 Å². The Kier molecular flexibility index (Phi) is 6.29. The molecule has 2 nitrogen and oxygen atoms in total.